The minimum Gasteiger partial charge on any atom is -0.368 e. The fourth-order valence-corrected chi connectivity index (χ4v) is 5.85. The van der Waals surface area contributed by atoms with Crippen LogP contribution in [-0.2, 0) is 54.8 Å². The van der Waals surface area contributed by atoms with Gasteiger partial charge < -0.3 is 28.4 Å². The van der Waals surface area contributed by atoms with Crippen LogP contribution in [0.3, 0.4) is 0 Å². The maximum Gasteiger partial charge on any atom is 0.189 e. The van der Waals surface area contributed by atoms with Crippen LogP contribution in [0.2, 0.25) is 25.7 Å². The van der Waals surface area contributed by atoms with E-state index in [2.05, 4.69) is 56.0 Å². The van der Waals surface area contributed by atoms with Gasteiger partial charge in [0.15, 0.2) is 12.6 Å². The van der Waals surface area contributed by atoms with Crippen LogP contribution in [-0.4, -0.2) is 45.6 Å². The molecule has 5 atom stereocenters. The molecule has 0 aliphatic carbocycles. The average Bonchev–Trinajstić information content (AvgIpc) is 3.06. The lowest BCUT2D eigenvalue weighted by atomic mass is 10.0. The summed E-state index contributed by atoms with van der Waals surface area (Å²) in [4.78, 5) is 0. The summed E-state index contributed by atoms with van der Waals surface area (Å²) >= 11 is 0. The molecule has 0 amide bonds. The van der Waals surface area contributed by atoms with Crippen molar-refractivity contribution in [1.29, 1.82) is 0 Å². The van der Waals surface area contributed by atoms with Gasteiger partial charge in [0.2, 0.25) is 0 Å². The second-order valence-corrected chi connectivity index (χ2v) is 18.3. The number of rotatable bonds is 16. The van der Waals surface area contributed by atoms with Gasteiger partial charge in [0.05, 0.1) is 26.4 Å². The maximum atomic E-state index is 6.75. The number of ether oxygens (including phenoxy) is 6. The smallest absolute Gasteiger partial charge is 0.189 e. The summed E-state index contributed by atoms with van der Waals surface area (Å²) in [6.45, 7) is 9.09. The summed E-state index contributed by atoms with van der Waals surface area (Å²) in [7, 11) is -1.36. The summed E-state index contributed by atoms with van der Waals surface area (Å²) in [6.07, 6.45) is -3.14. The Balaban J connectivity index is 1.45. The van der Waals surface area contributed by atoms with Crippen LogP contribution in [0.5, 0.6) is 0 Å². The van der Waals surface area contributed by atoms with Crippen molar-refractivity contribution >= 4 is 8.07 Å². The van der Waals surface area contributed by atoms with Crippen molar-refractivity contribution < 1.29 is 28.4 Å². The molecule has 4 aromatic rings. The third-order valence-corrected chi connectivity index (χ3v) is 9.40. The first kappa shape index (κ1) is 33.2. The third kappa shape index (κ3) is 10.7. The quantitative estimate of drug-likeness (QED) is 0.118. The van der Waals surface area contributed by atoms with Crippen LogP contribution in [0, 0.1) is 0 Å². The van der Waals surface area contributed by atoms with Crippen LogP contribution in [0.1, 0.15) is 22.3 Å². The lowest BCUT2D eigenvalue weighted by Gasteiger charge is -2.45. The molecule has 6 nitrogen and oxygen atoms in total. The Morgan fingerprint density at radius 2 is 0.778 bits per heavy atom. The molecule has 0 aromatic heterocycles. The Labute approximate surface area is 269 Å². The van der Waals surface area contributed by atoms with E-state index in [1.54, 1.807) is 0 Å². The van der Waals surface area contributed by atoms with Crippen molar-refractivity contribution in [3.05, 3.63) is 144 Å². The first-order valence-electron chi connectivity index (χ1n) is 15.8. The monoisotopic (exact) mass is 626 g/mol. The van der Waals surface area contributed by atoms with Gasteiger partial charge in [-0.15, -0.1) is 0 Å². The topological polar surface area (TPSA) is 55.4 Å². The third-order valence-electron chi connectivity index (χ3n) is 7.70. The largest absolute Gasteiger partial charge is 0.368 e. The van der Waals surface area contributed by atoms with Gasteiger partial charge in [-0.05, 0) is 28.3 Å². The molecule has 1 fully saturated rings. The van der Waals surface area contributed by atoms with Crippen LogP contribution in [0.25, 0.3) is 0 Å². The second-order valence-electron chi connectivity index (χ2n) is 12.6. The van der Waals surface area contributed by atoms with Crippen LogP contribution in [0.4, 0.5) is 0 Å². The molecule has 7 heteroatoms. The number of benzene rings is 4. The van der Waals surface area contributed by atoms with Crippen molar-refractivity contribution in [3.63, 3.8) is 0 Å². The van der Waals surface area contributed by atoms with Gasteiger partial charge in [0, 0.05) is 14.7 Å². The summed E-state index contributed by atoms with van der Waals surface area (Å²) in [5.74, 6) is 0. The molecular weight excluding hydrogens is 580 g/mol. The van der Waals surface area contributed by atoms with Crippen molar-refractivity contribution in [2.75, 3.05) is 6.61 Å². The van der Waals surface area contributed by atoms with E-state index in [0.717, 1.165) is 28.3 Å². The summed E-state index contributed by atoms with van der Waals surface area (Å²) < 4.78 is 39.7. The number of hydrogen-bond donors (Lipinski definition) is 0. The highest BCUT2D eigenvalue weighted by Crippen LogP contribution is 2.32. The van der Waals surface area contributed by atoms with Gasteiger partial charge in [0.1, 0.15) is 18.3 Å². The maximum absolute atomic E-state index is 6.75. The molecule has 0 bridgehead atoms. The van der Waals surface area contributed by atoms with E-state index < -0.39 is 39.0 Å². The van der Waals surface area contributed by atoms with Gasteiger partial charge in [-0.25, -0.2) is 0 Å². The molecule has 0 unspecified atom stereocenters. The lowest BCUT2D eigenvalue weighted by Crippen LogP contribution is -2.61. The van der Waals surface area contributed by atoms with Gasteiger partial charge in [0.25, 0.3) is 0 Å². The lowest BCUT2D eigenvalue weighted by molar-refractivity contribution is -0.370. The van der Waals surface area contributed by atoms with Crippen molar-refractivity contribution in [3.8, 4) is 0 Å². The predicted octanol–water partition coefficient (Wildman–Crippen LogP) is 8.00. The Bertz CT molecular complexity index is 1370. The van der Waals surface area contributed by atoms with Gasteiger partial charge >= 0.3 is 0 Å². The Morgan fingerprint density at radius 3 is 1.16 bits per heavy atom. The van der Waals surface area contributed by atoms with E-state index in [4.69, 9.17) is 28.4 Å². The van der Waals surface area contributed by atoms with Crippen LogP contribution in [0.15, 0.2) is 121 Å². The molecule has 0 radical (unpaired) electrons. The number of hydrogen-bond acceptors (Lipinski definition) is 6. The van der Waals surface area contributed by atoms with Crippen LogP contribution < -0.4 is 0 Å². The molecule has 4 aromatic carbocycles. The molecule has 238 valence electrons. The molecule has 1 heterocycles. The van der Waals surface area contributed by atoms with E-state index in [9.17, 15) is 0 Å². The highest BCUT2D eigenvalue weighted by molar-refractivity contribution is 6.76. The minimum atomic E-state index is -1.36. The van der Waals surface area contributed by atoms with Crippen molar-refractivity contribution in [2.24, 2.45) is 0 Å². The molecular formula is C38H46O6Si. The zero-order chi connectivity index (χ0) is 31.3. The van der Waals surface area contributed by atoms with Gasteiger partial charge in [-0.3, -0.25) is 0 Å². The molecule has 1 saturated heterocycles. The molecule has 0 N–H and O–H groups in total. The van der Waals surface area contributed by atoms with E-state index in [1.807, 2.05) is 84.9 Å². The second kappa shape index (κ2) is 17.0. The SMILES string of the molecule is C[Si](C)(C)CCO[C@@H]1O[C@H](OCc2ccccc2)[C@@H](OCc2ccccc2)[C@H](OCc2ccccc2)[C@H]1OCc1ccccc1. The van der Waals surface area contributed by atoms with E-state index in [1.165, 1.54) is 0 Å². The zero-order valence-corrected chi connectivity index (χ0v) is 27.6. The van der Waals surface area contributed by atoms with E-state index >= 15 is 0 Å². The molecule has 5 rings (SSSR count). The van der Waals surface area contributed by atoms with E-state index in [0.29, 0.717) is 33.0 Å². The van der Waals surface area contributed by atoms with Gasteiger partial charge in [-0.1, -0.05) is 141 Å². The summed E-state index contributed by atoms with van der Waals surface area (Å²) in [6, 6.07) is 41.5. The fourth-order valence-electron chi connectivity index (χ4n) is 5.12. The predicted molar refractivity (Wildman–Crippen MR) is 179 cm³/mol. The molecule has 45 heavy (non-hydrogen) atoms. The highest BCUT2D eigenvalue weighted by atomic mass is 28.3. The first-order chi connectivity index (χ1) is 21.9. The molecule has 0 saturated carbocycles. The Morgan fingerprint density at radius 1 is 0.444 bits per heavy atom. The minimum absolute atomic E-state index is 0.360. The Kier molecular flexibility index (Phi) is 12.5. The first-order valence-corrected chi connectivity index (χ1v) is 19.5. The fraction of sp³-hybridized carbons (Fsp3) is 0.368. The normalized spacial score (nSPS) is 21.9. The average molecular weight is 627 g/mol. The molecule has 1 aliphatic heterocycles. The van der Waals surface area contributed by atoms with E-state index in [-0.39, 0.29) is 0 Å². The zero-order valence-electron chi connectivity index (χ0n) is 26.6. The van der Waals surface area contributed by atoms with Gasteiger partial charge in [-0.2, -0.15) is 0 Å². The van der Waals surface area contributed by atoms with Crippen molar-refractivity contribution in [1.82, 2.24) is 0 Å². The van der Waals surface area contributed by atoms with Crippen molar-refractivity contribution in [2.45, 2.75) is 83.0 Å². The Hall–Kier alpha value is -3.14. The summed E-state index contributed by atoms with van der Waals surface area (Å²) in [5, 5.41) is 0. The summed E-state index contributed by atoms with van der Waals surface area (Å²) in [5.41, 5.74) is 4.22. The highest BCUT2D eigenvalue weighted by Gasteiger charge is 2.49. The van der Waals surface area contributed by atoms with Crippen LogP contribution >= 0.6 is 0 Å². The molecule has 1 aliphatic rings. The standard InChI is InChI=1S/C38H46O6Si/c1-45(2,3)25-24-39-37-35(41-27-31-18-10-5-11-19-31)34(40-26-30-16-8-4-9-17-30)36(42-28-32-20-12-6-13-21-32)38(44-37)43-29-33-22-14-7-15-23-33/h4-23,34-38H,24-29H2,1-3H3/t34-,35-,36+,37-,38+/m1/s1. The molecule has 0 spiro atoms.